The first kappa shape index (κ1) is 13.0. The van der Waals surface area contributed by atoms with Crippen LogP contribution in [-0.2, 0) is 7.47 Å². The van der Waals surface area contributed by atoms with E-state index < -0.39 is 2.14 Å². The van der Waals surface area contributed by atoms with E-state index in [0.29, 0.717) is 0 Å². The number of rotatable bonds is 2. The highest BCUT2D eigenvalue weighted by Crippen LogP contribution is 2.48. The molecular formula is C9H8Br4O. The number of methoxy groups -OCH3 is 1. The van der Waals surface area contributed by atoms with E-state index in [0.717, 1.165) is 16.6 Å². The highest BCUT2D eigenvalue weighted by molar-refractivity contribution is 9.38. The molecule has 0 radical (unpaired) electrons. The van der Waals surface area contributed by atoms with E-state index in [-0.39, 0.29) is 0 Å². The van der Waals surface area contributed by atoms with E-state index in [1.165, 1.54) is 5.56 Å². The number of alkyl halides is 4. The maximum atomic E-state index is 5.27. The van der Waals surface area contributed by atoms with Crippen molar-refractivity contribution in [1.29, 1.82) is 0 Å². The predicted octanol–water partition coefficient (Wildman–Crippen LogP) is 4.89. The van der Waals surface area contributed by atoms with Gasteiger partial charge in [0, 0.05) is 10.9 Å². The fraction of sp³-hybridized carbons (Fsp3) is 0.333. The van der Waals surface area contributed by atoms with Crippen LogP contribution in [0, 0.1) is 0 Å². The van der Waals surface area contributed by atoms with E-state index in [1.807, 2.05) is 12.1 Å². The maximum Gasteiger partial charge on any atom is 0.163 e. The van der Waals surface area contributed by atoms with Gasteiger partial charge in [-0.05, 0) is 17.7 Å². The monoisotopic (exact) mass is 448 g/mol. The smallest absolute Gasteiger partial charge is 0.163 e. The standard InChI is InChI=1S/C9H8Br4O/c1-14-8-3-2-6(5-10)4-7(8)9(11,12)13/h2-4H,5H2,1H3. The summed E-state index contributed by atoms with van der Waals surface area (Å²) in [5, 5.41) is 0.826. The zero-order valence-electron chi connectivity index (χ0n) is 7.36. The molecule has 0 bridgehead atoms. The third kappa shape index (κ3) is 3.22. The first-order chi connectivity index (χ1) is 6.49. The Hall–Kier alpha value is 0.940. The molecule has 0 aliphatic carbocycles. The average molecular weight is 452 g/mol. The quantitative estimate of drug-likeness (QED) is 0.582. The topological polar surface area (TPSA) is 9.23 Å². The van der Waals surface area contributed by atoms with Gasteiger partial charge in [-0.2, -0.15) is 0 Å². The van der Waals surface area contributed by atoms with Crippen LogP contribution in [0.1, 0.15) is 11.1 Å². The summed E-state index contributed by atoms with van der Waals surface area (Å²) in [5.41, 5.74) is 2.21. The zero-order chi connectivity index (χ0) is 10.8. The molecule has 0 amide bonds. The van der Waals surface area contributed by atoms with Crippen molar-refractivity contribution in [2.75, 3.05) is 7.11 Å². The molecule has 78 valence electrons. The highest BCUT2D eigenvalue weighted by atomic mass is 80.0. The van der Waals surface area contributed by atoms with Gasteiger partial charge in [-0.3, -0.25) is 0 Å². The maximum absolute atomic E-state index is 5.27. The lowest BCUT2D eigenvalue weighted by molar-refractivity contribution is 0.411. The van der Waals surface area contributed by atoms with Crippen LogP contribution in [-0.4, -0.2) is 7.11 Å². The fourth-order valence-corrected chi connectivity index (χ4v) is 2.34. The normalized spacial score (nSPS) is 11.5. The Labute approximate surface area is 117 Å². The van der Waals surface area contributed by atoms with Gasteiger partial charge < -0.3 is 4.74 Å². The Balaban J connectivity index is 3.22. The largest absolute Gasteiger partial charge is 0.496 e. The average Bonchev–Trinajstić information content (AvgIpc) is 2.15. The van der Waals surface area contributed by atoms with Gasteiger partial charge in [-0.15, -0.1) is 0 Å². The van der Waals surface area contributed by atoms with E-state index in [4.69, 9.17) is 4.74 Å². The van der Waals surface area contributed by atoms with Crippen molar-refractivity contribution < 1.29 is 4.74 Å². The van der Waals surface area contributed by atoms with Crippen LogP contribution in [0.4, 0.5) is 0 Å². The van der Waals surface area contributed by atoms with Gasteiger partial charge >= 0.3 is 0 Å². The second-order valence-corrected chi connectivity index (χ2v) is 9.99. The molecule has 1 aromatic rings. The predicted molar refractivity (Wildman–Crippen MR) is 74.1 cm³/mol. The number of hydrogen-bond acceptors (Lipinski definition) is 1. The summed E-state index contributed by atoms with van der Waals surface area (Å²) in [5.74, 6) is 0.834. The third-order valence-electron chi connectivity index (χ3n) is 1.72. The third-order valence-corrected chi connectivity index (χ3v) is 3.65. The molecule has 0 unspecified atom stereocenters. The van der Waals surface area contributed by atoms with Crippen LogP contribution < -0.4 is 4.74 Å². The van der Waals surface area contributed by atoms with Crippen LogP contribution in [0.15, 0.2) is 18.2 Å². The van der Waals surface area contributed by atoms with Gasteiger partial charge in [0.15, 0.2) is 2.14 Å². The van der Waals surface area contributed by atoms with Gasteiger partial charge in [0.1, 0.15) is 5.75 Å². The van der Waals surface area contributed by atoms with E-state index in [2.05, 4.69) is 69.8 Å². The number of benzene rings is 1. The Morgan fingerprint density at radius 3 is 2.36 bits per heavy atom. The lowest BCUT2D eigenvalue weighted by Crippen LogP contribution is -2.02. The van der Waals surface area contributed by atoms with Crippen LogP contribution in [0.2, 0.25) is 0 Å². The summed E-state index contributed by atoms with van der Waals surface area (Å²) in [6, 6.07) is 6.03. The summed E-state index contributed by atoms with van der Waals surface area (Å²) in [4.78, 5) is 0. The molecule has 1 aromatic carbocycles. The lowest BCUT2D eigenvalue weighted by atomic mass is 10.1. The van der Waals surface area contributed by atoms with Crippen molar-refractivity contribution in [1.82, 2.24) is 0 Å². The van der Waals surface area contributed by atoms with Crippen LogP contribution >= 0.6 is 63.7 Å². The molecule has 5 heteroatoms. The molecule has 0 aliphatic heterocycles. The molecule has 0 atom stereocenters. The number of ether oxygens (including phenoxy) is 1. The number of hydrogen-bond donors (Lipinski definition) is 0. The van der Waals surface area contributed by atoms with Crippen molar-refractivity contribution in [2.45, 2.75) is 7.47 Å². The molecule has 1 nitrogen and oxygen atoms in total. The molecule has 0 N–H and O–H groups in total. The minimum atomic E-state index is -0.434. The van der Waals surface area contributed by atoms with E-state index >= 15 is 0 Å². The van der Waals surface area contributed by atoms with Crippen molar-refractivity contribution in [3.05, 3.63) is 29.3 Å². The van der Waals surface area contributed by atoms with E-state index in [1.54, 1.807) is 7.11 Å². The Morgan fingerprint density at radius 1 is 1.29 bits per heavy atom. The highest BCUT2D eigenvalue weighted by Gasteiger charge is 2.25. The Kier molecular flexibility index (Phi) is 4.95. The zero-order valence-corrected chi connectivity index (χ0v) is 13.7. The first-order valence-electron chi connectivity index (χ1n) is 3.79. The molecule has 0 saturated carbocycles. The molecule has 0 heterocycles. The van der Waals surface area contributed by atoms with Crippen molar-refractivity contribution in [2.24, 2.45) is 0 Å². The minimum absolute atomic E-state index is 0.434. The summed E-state index contributed by atoms with van der Waals surface area (Å²) < 4.78 is 4.83. The summed E-state index contributed by atoms with van der Waals surface area (Å²) >= 11 is 13.9. The summed E-state index contributed by atoms with van der Waals surface area (Å²) in [6.45, 7) is 0. The first-order valence-corrected chi connectivity index (χ1v) is 7.29. The molecule has 0 aromatic heterocycles. The van der Waals surface area contributed by atoms with Crippen molar-refractivity contribution >= 4 is 63.7 Å². The lowest BCUT2D eigenvalue weighted by Gasteiger charge is -2.17. The molecule has 0 aliphatic rings. The molecule has 1 rings (SSSR count). The number of halogens is 4. The van der Waals surface area contributed by atoms with Crippen LogP contribution in [0.25, 0.3) is 0 Å². The summed E-state index contributed by atoms with van der Waals surface area (Å²) in [7, 11) is 1.66. The van der Waals surface area contributed by atoms with Gasteiger partial charge in [0.25, 0.3) is 0 Å². The van der Waals surface area contributed by atoms with Crippen LogP contribution in [0.5, 0.6) is 5.75 Å². The van der Waals surface area contributed by atoms with Gasteiger partial charge in [0.05, 0.1) is 7.11 Å². The molecule has 0 fully saturated rings. The van der Waals surface area contributed by atoms with Gasteiger partial charge in [0.2, 0.25) is 0 Å². The minimum Gasteiger partial charge on any atom is -0.496 e. The second-order valence-electron chi connectivity index (χ2n) is 2.67. The van der Waals surface area contributed by atoms with Gasteiger partial charge in [-0.1, -0.05) is 69.8 Å². The van der Waals surface area contributed by atoms with Gasteiger partial charge in [-0.25, -0.2) is 0 Å². The Morgan fingerprint density at radius 2 is 1.93 bits per heavy atom. The SMILES string of the molecule is COc1ccc(CBr)cc1C(Br)(Br)Br. The Bertz CT molecular complexity index is 319. The molecule has 0 spiro atoms. The molecule has 0 saturated heterocycles. The fourth-order valence-electron chi connectivity index (χ4n) is 1.06. The van der Waals surface area contributed by atoms with Crippen molar-refractivity contribution in [3.63, 3.8) is 0 Å². The molecule has 14 heavy (non-hydrogen) atoms. The van der Waals surface area contributed by atoms with Crippen molar-refractivity contribution in [3.8, 4) is 5.75 Å². The van der Waals surface area contributed by atoms with Crippen LogP contribution in [0.3, 0.4) is 0 Å². The molecular weight excluding hydrogens is 444 g/mol. The van der Waals surface area contributed by atoms with E-state index in [9.17, 15) is 0 Å². The second kappa shape index (κ2) is 5.32. The summed E-state index contributed by atoms with van der Waals surface area (Å²) in [6.07, 6.45) is 0.